The second-order valence-corrected chi connectivity index (χ2v) is 3.83. The first-order valence-corrected chi connectivity index (χ1v) is 5.68. The van der Waals surface area contributed by atoms with Gasteiger partial charge in [0.05, 0.1) is 6.10 Å². The molecule has 0 aliphatic heterocycles. The maximum Gasteiger partial charge on any atom is 0.187 e. The van der Waals surface area contributed by atoms with E-state index in [1.165, 1.54) is 11.8 Å². The van der Waals surface area contributed by atoms with Gasteiger partial charge in [0.1, 0.15) is 0 Å². The lowest BCUT2D eigenvalue weighted by Gasteiger charge is -2.06. The van der Waals surface area contributed by atoms with Crippen LogP contribution in [0.1, 0.15) is 12.5 Å². The van der Waals surface area contributed by atoms with Crippen molar-refractivity contribution >= 4 is 11.8 Å². The molecule has 78 valence electrons. The minimum absolute atomic E-state index is 0.318. The van der Waals surface area contributed by atoms with E-state index < -0.39 is 0 Å². The first-order valence-electron chi connectivity index (χ1n) is 4.46. The molecule has 1 unspecified atom stereocenters. The first-order chi connectivity index (χ1) is 6.72. The van der Waals surface area contributed by atoms with E-state index in [0.717, 1.165) is 10.7 Å². The van der Waals surface area contributed by atoms with Crippen molar-refractivity contribution < 1.29 is 5.11 Å². The van der Waals surface area contributed by atoms with E-state index in [9.17, 15) is 0 Å². The van der Waals surface area contributed by atoms with Crippen molar-refractivity contribution in [1.29, 1.82) is 0 Å². The highest BCUT2D eigenvalue weighted by molar-refractivity contribution is 7.98. The topological polar surface area (TPSA) is 58.0 Å². The van der Waals surface area contributed by atoms with Gasteiger partial charge in [0.25, 0.3) is 0 Å². The number of aliphatic hydroxyl groups is 1. The quantitative estimate of drug-likeness (QED) is 0.556. The molecule has 0 bridgehead atoms. The smallest absolute Gasteiger partial charge is 0.187 e. The number of hydrogen-bond acceptors (Lipinski definition) is 5. The van der Waals surface area contributed by atoms with Crippen molar-refractivity contribution in [2.24, 2.45) is 0 Å². The second kappa shape index (κ2) is 5.95. The van der Waals surface area contributed by atoms with Crippen LogP contribution in [0.5, 0.6) is 0 Å². The number of aromatic nitrogens is 2. The molecule has 0 aromatic carbocycles. The fourth-order valence-electron chi connectivity index (χ4n) is 0.965. The molecule has 0 saturated carbocycles. The summed E-state index contributed by atoms with van der Waals surface area (Å²) >= 11 is 1.52. The number of aliphatic hydroxyl groups excluding tert-OH is 1. The molecular formula is C9H15N3OS. The van der Waals surface area contributed by atoms with E-state index in [1.54, 1.807) is 19.3 Å². The number of nitrogens with zero attached hydrogens (tertiary/aromatic N) is 2. The molecule has 1 aromatic heterocycles. The van der Waals surface area contributed by atoms with E-state index >= 15 is 0 Å². The number of rotatable bonds is 5. The summed E-state index contributed by atoms with van der Waals surface area (Å²) in [6, 6.07) is 0. The summed E-state index contributed by atoms with van der Waals surface area (Å²) < 4.78 is 0. The predicted octanol–water partition coefficient (Wildman–Crippen LogP) is 0.669. The summed E-state index contributed by atoms with van der Waals surface area (Å²) in [5.74, 6) is 0. The van der Waals surface area contributed by atoms with Crippen molar-refractivity contribution in [2.75, 3.05) is 12.8 Å². The van der Waals surface area contributed by atoms with Crippen molar-refractivity contribution in [3.8, 4) is 0 Å². The Morgan fingerprint density at radius 2 is 2.14 bits per heavy atom. The summed E-state index contributed by atoms with van der Waals surface area (Å²) in [5.41, 5.74) is 1.03. The standard InChI is InChI=1S/C9H15N3OS/c1-7(13)3-10-4-8-5-11-9(14-2)12-6-8/h5-7,10,13H,3-4H2,1-2H3. The Labute approximate surface area is 88.2 Å². The number of hydrogen-bond donors (Lipinski definition) is 2. The molecule has 1 heterocycles. The Kier molecular flexibility index (Phi) is 4.86. The van der Waals surface area contributed by atoms with Gasteiger partial charge in [0.15, 0.2) is 5.16 Å². The molecule has 0 spiro atoms. The zero-order chi connectivity index (χ0) is 10.4. The molecule has 1 atom stereocenters. The van der Waals surface area contributed by atoms with Crippen LogP contribution in [0, 0.1) is 0 Å². The van der Waals surface area contributed by atoms with Crippen LogP contribution in [0.25, 0.3) is 0 Å². The normalized spacial score (nSPS) is 12.8. The van der Waals surface area contributed by atoms with Crippen molar-refractivity contribution in [3.63, 3.8) is 0 Å². The van der Waals surface area contributed by atoms with Gasteiger partial charge in [-0.15, -0.1) is 0 Å². The Bertz CT molecular complexity index is 263. The maximum absolute atomic E-state index is 9.02. The maximum atomic E-state index is 9.02. The predicted molar refractivity (Wildman–Crippen MR) is 57.2 cm³/mol. The van der Waals surface area contributed by atoms with E-state index in [0.29, 0.717) is 13.1 Å². The minimum Gasteiger partial charge on any atom is -0.392 e. The van der Waals surface area contributed by atoms with Gasteiger partial charge in [-0.05, 0) is 13.2 Å². The third-order valence-electron chi connectivity index (χ3n) is 1.63. The molecule has 5 heteroatoms. The van der Waals surface area contributed by atoms with Gasteiger partial charge < -0.3 is 10.4 Å². The monoisotopic (exact) mass is 213 g/mol. The van der Waals surface area contributed by atoms with Gasteiger partial charge in [-0.1, -0.05) is 11.8 Å². The average Bonchev–Trinajstić information content (AvgIpc) is 2.18. The summed E-state index contributed by atoms with van der Waals surface area (Å²) in [6.07, 6.45) is 5.23. The number of nitrogens with one attached hydrogen (secondary N) is 1. The van der Waals surface area contributed by atoms with Crippen molar-refractivity contribution in [1.82, 2.24) is 15.3 Å². The van der Waals surface area contributed by atoms with Crippen LogP contribution >= 0.6 is 11.8 Å². The Balaban J connectivity index is 2.36. The van der Waals surface area contributed by atoms with Crippen LogP contribution in [-0.4, -0.2) is 34.0 Å². The van der Waals surface area contributed by atoms with Crippen LogP contribution < -0.4 is 5.32 Å². The highest BCUT2D eigenvalue weighted by Crippen LogP contribution is 2.06. The van der Waals surface area contributed by atoms with Crippen molar-refractivity contribution in [3.05, 3.63) is 18.0 Å². The first kappa shape index (κ1) is 11.4. The highest BCUT2D eigenvalue weighted by atomic mass is 32.2. The third kappa shape index (κ3) is 4.04. The summed E-state index contributed by atoms with van der Waals surface area (Å²) in [7, 11) is 0. The zero-order valence-corrected chi connectivity index (χ0v) is 9.21. The van der Waals surface area contributed by atoms with Crippen molar-refractivity contribution in [2.45, 2.75) is 24.7 Å². The molecule has 1 rings (SSSR count). The lowest BCUT2D eigenvalue weighted by Crippen LogP contribution is -2.23. The molecule has 0 amide bonds. The largest absolute Gasteiger partial charge is 0.392 e. The Morgan fingerprint density at radius 1 is 1.50 bits per heavy atom. The summed E-state index contributed by atoms with van der Waals surface area (Å²) in [5, 5.41) is 12.9. The minimum atomic E-state index is -0.318. The Morgan fingerprint density at radius 3 is 2.64 bits per heavy atom. The van der Waals surface area contributed by atoms with E-state index in [4.69, 9.17) is 5.11 Å². The molecular weight excluding hydrogens is 198 g/mol. The van der Waals surface area contributed by atoms with Crippen LogP contribution in [0.15, 0.2) is 17.6 Å². The molecule has 4 nitrogen and oxygen atoms in total. The van der Waals surface area contributed by atoms with Gasteiger partial charge in [-0.3, -0.25) is 0 Å². The molecule has 1 aromatic rings. The van der Waals surface area contributed by atoms with Gasteiger partial charge in [0, 0.05) is 31.0 Å². The van der Waals surface area contributed by atoms with E-state index in [2.05, 4.69) is 15.3 Å². The number of thioether (sulfide) groups is 1. The van der Waals surface area contributed by atoms with Crippen LogP contribution in [0.3, 0.4) is 0 Å². The lowest BCUT2D eigenvalue weighted by molar-refractivity contribution is 0.191. The molecule has 0 saturated heterocycles. The summed E-state index contributed by atoms with van der Waals surface area (Å²) in [6.45, 7) is 3.03. The van der Waals surface area contributed by atoms with Crippen LogP contribution in [0.2, 0.25) is 0 Å². The van der Waals surface area contributed by atoms with Crippen LogP contribution in [-0.2, 0) is 6.54 Å². The fourth-order valence-corrected chi connectivity index (χ4v) is 1.28. The molecule has 0 fully saturated rings. The molecule has 0 aliphatic carbocycles. The Hall–Kier alpha value is -0.650. The fraction of sp³-hybridized carbons (Fsp3) is 0.556. The van der Waals surface area contributed by atoms with Gasteiger partial charge in [-0.2, -0.15) is 0 Å². The lowest BCUT2D eigenvalue weighted by atomic mass is 10.3. The SMILES string of the molecule is CSc1ncc(CNCC(C)O)cn1. The third-order valence-corrected chi connectivity index (χ3v) is 2.21. The van der Waals surface area contributed by atoms with Gasteiger partial charge >= 0.3 is 0 Å². The summed E-state index contributed by atoms with van der Waals surface area (Å²) in [4.78, 5) is 8.29. The highest BCUT2D eigenvalue weighted by Gasteiger charge is 1.97. The zero-order valence-electron chi connectivity index (χ0n) is 8.40. The second-order valence-electron chi connectivity index (χ2n) is 3.06. The van der Waals surface area contributed by atoms with Crippen LogP contribution in [0.4, 0.5) is 0 Å². The van der Waals surface area contributed by atoms with Gasteiger partial charge in [-0.25, -0.2) is 9.97 Å². The molecule has 2 N–H and O–H groups in total. The molecule has 0 aliphatic rings. The van der Waals surface area contributed by atoms with E-state index in [1.807, 2.05) is 6.26 Å². The van der Waals surface area contributed by atoms with Gasteiger partial charge in [0.2, 0.25) is 0 Å². The average molecular weight is 213 g/mol. The molecule has 14 heavy (non-hydrogen) atoms. The van der Waals surface area contributed by atoms with E-state index in [-0.39, 0.29) is 6.10 Å². The molecule has 0 radical (unpaired) electrons.